The molecule has 0 aliphatic carbocycles. The molecule has 0 radical (unpaired) electrons. The number of thiazole rings is 1. The van der Waals surface area contributed by atoms with Gasteiger partial charge in [-0.25, -0.2) is 18.2 Å². The molecule has 8 nitrogen and oxygen atoms in total. The first-order valence-electron chi connectivity index (χ1n) is 12.0. The maximum absolute atomic E-state index is 13.2. The maximum Gasteiger partial charge on any atom is 0.343 e. The highest BCUT2D eigenvalue weighted by atomic mass is 32.2. The average molecular weight is 538 g/mol. The third kappa shape index (κ3) is 5.67. The molecule has 0 atom stereocenters. The van der Waals surface area contributed by atoms with Crippen molar-refractivity contribution in [2.75, 3.05) is 37.7 Å². The third-order valence-corrected chi connectivity index (χ3v) is 9.14. The van der Waals surface area contributed by atoms with Crippen LogP contribution in [-0.2, 0) is 21.3 Å². The first kappa shape index (κ1) is 25.3. The van der Waals surface area contributed by atoms with Crippen molar-refractivity contribution in [3.05, 3.63) is 83.9 Å². The molecule has 0 spiro atoms. The largest absolute Gasteiger partial charge is 0.423 e. The van der Waals surface area contributed by atoms with Crippen LogP contribution in [0.2, 0.25) is 0 Å². The van der Waals surface area contributed by atoms with Crippen molar-refractivity contribution in [3.8, 4) is 5.75 Å². The van der Waals surface area contributed by atoms with Gasteiger partial charge in [0.25, 0.3) is 0 Å². The molecule has 1 aromatic heterocycles. The normalized spacial score (nSPS) is 14.3. The van der Waals surface area contributed by atoms with Crippen molar-refractivity contribution in [2.45, 2.75) is 18.4 Å². The van der Waals surface area contributed by atoms with Crippen molar-refractivity contribution in [2.24, 2.45) is 0 Å². The average Bonchev–Trinajstić information content (AvgIpc) is 3.36. The number of hydrogen-bond donors (Lipinski definition) is 0. The van der Waals surface area contributed by atoms with Gasteiger partial charge in [0.05, 0.1) is 33.9 Å². The number of carbonyl (C=O) groups is 1. The number of benzene rings is 3. The molecule has 10 heteroatoms. The molecule has 0 N–H and O–H groups in total. The Labute approximate surface area is 220 Å². The van der Waals surface area contributed by atoms with Gasteiger partial charge in [0.1, 0.15) is 5.75 Å². The second-order valence-electron chi connectivity index (χ2n) is 8.56. The van der Waals surface area contributed by atoms with Crippen LogP contribution in [0.1, 0.15) is 22.8 Å². The zero-order chi connectivity index (χ0) is 25.8. The van der Waals surface area contributed by atoms with Crippen LogP contribution in [0.5, 0.6) is 5.75 Å². The molecule has 1 aliphatic heterocycles. The van der Waals surface area contributed by atoms with Gasteiger partial charge in [-0.1, -0.05) is 48.6 Å². The van der Waals surface area contributed by atoms with Gasteiger partial charge in [0, 0.05) is 32.2 Å². The molecule has 0 unspecified atom stereocenters. The fraction of sp³-hybridized carbons (Fsp3) is 0.259. The summed E-state index contributed by atoms with van der Waals surface area (Å²) in [6.45, 7) is 5.37. The standard InChI is InChI=1S/C27H27N3O5S2/c1-2-30(19-20-6-4-3-5-7-20)37(32,33)23-11-8-21(9-12-23)26(31)35-22-10-13-24-25(18-22)36-27(28-24)29-14-16-34-17-15-29/h3-13,18H,2,14-17,19H2,1H3. The Morgan fingerprint density at radius 2 is 1.78 bits per heavy atom. The summed E-state index contributed by atoms with van der Waals surface area (Å²) in [6.07, 6.45) is 0. The predicted octanol–water partition coefficient (Wildman–Crippen LogP) is 4.56. The minimum Gasteiger partial charge on any atom is -0.423 e. The van der Waals surface area contributed by atoms with Crippen LogP contribution < -0.4 is 9.64 Å². The predicted molar refractivity (Wildman–Crippen MR) is 144 cm³/mol. The molecule has 1 fully saturated rings. The molecule has 2 heterocycles. The van der Waals surface area contributed by atoms with E-state index in [0.717, 1.165) is 34.0 Å². The van der Waals surface area contributed by atoms with Crippen LogP contribution in [-0.4, -0.2) is 56.5 Å². The molecular weight excluding hydrogens is 510 g/mol. The zero-order valence-corrected chi connectivity index (χ0v) is 22.0. The second-order valence-corrected chi connectivity index (χ2v) is 11.5. The van der Waals surface area contributed by atoms with E-state index in [1.54, 1.807) is 30.4 Å². The lowest BCUT2D eigenvalue weighted by molar-refractivity contribution is 0.0735. The highest BCUT2D eigenvalue weighted by molar-refractivity contribution is 7.89. The van der Waals surface area contributed by atoms with Gasteiger partial charge < -0.3 is 14.4 Å². The number of ether oxygens (including phenoxy) is 2. The van der Waals surface area contributed by atoms with Crippen LogP contribution in [0.3, 0.4) is 0 Å². The fourth-order valence-electron chi connectivity index (χ4n) is 4.08. The van der Waals surface area contributed by atoms with E-state index in [9.17, 15) is 13.2 Å². The van der Waals surface area contributed by atoms with Crippen LogP contribution in [0.15, 0.2) is 77.7 Å². The van der Waals surface area contributed by atoms with Crippen molar-refractivity contribution < 1.29 is 22.7 Å². The van der Waals surface area contributed by atoms with Crippen molar-refractivity contribution in [1.29, 1.82) is 0 Å². The topological polar surface area (TPSA) is 89.0 Å². The maximum atomic E-state index is 13.2. The van der Waals surface area contributed by atoms with Gasteiger partial charge >= 0.3 is 5.97 Å². The second kappa shape index (κ2) is 11.0. The number of anilines is 1. The first-order chi connectivity index (χ1) is 17.9. The molecule has 0 amide bonds. The Hall–Kier alpha value is -3.31. The number of morpholine rings is 1. The highest BCUT2D eigenvalue weighted by Crippen LogP contribution is 2.32. The van der Waals surface area contributed by atoms with Gasteiger partial charge in [-0.05, 0) is 42.0 Å². The van der Waals surface area contributed by atoms with E-state index in [-0.39, 0.29) is 17.0 Å². The summed E-state index contributed by atoms with van der Waals surface area (Å²) < 4.78 is 39.7. The quantitative estimate of drug-likeness (QED) is 0.240. The van der Waals surface area contributed by atoms with E-state index in [1.165, 1.54) is 28.6 Å². The summed E-state index contributed by atoms with van der Waals surface area (Å²) in [5.41, 5.74) is 2.02. The Morgan fingerprint density at radius 1 is 1.05 bits per heavy atom. The van der Waals surface area contributed by atoms with E-state index in [0.29, 0.717) is 25.5 Å². The zero-order valence-electron chi connectivity index (χ0n) is 20.4. The summed E-state index contributed by atoms with van der Waals surface area (Å²) in [4.78, 5) is 19.8. The van der Waals surface area contributed by atoms with Crippen molar-refractivity contribution in [3.63, 3.8) is 0 Å². The molecule has 192 valence electrons. The Bertz CT molecular complexity index is 1480. The minimum absolute atomic E-state index is 0.128. The van der Waals surface area contributed by atoms with Gasteiger partial charge in [0.15, 0.2) is 5.13 Å². The van der Waals surface area contributed by atoms with Crippen LogP contribution in [0.25, 0.3) is 10.2 Å². The molecule has 1 aliphatic rings. The lowest BCUT2D eigenvalue weighted by Crippen LogP contribution is -2.36. The number of rotatable bonds is 8. The SMILES string of the molecule is CCN(Cc1ccccc1)S(=O)(=O)c1ccc(C(=O)Oc2ccc3nc(N4CCOCC4)sc3c2)cc1. The minimum atomic E-state index is -3.72. The summed E-state index contributed by atoms with van der Waals surface area (Å²) >= 11 is 1.55. The van der Waals surface area contributed by atoms with Crippen LogP contribution >= 0.6 is 11.3 Å². The summed E-state index contributed by atoms with van der Waals surface area (Å²) in [5, 5.41) is 0.923. The first-order valence-corrected chi connectivity index (χ1v) is 14.3. The van der Waals surface area contributed by atoms with E-state index in [2.05, 4.69) is 9.88 Å². The summed E-state index contributed by atoms with van der Waals surface area (Å²) in [7, 11) is -3.72. The molecule has 1 saturated heterocycles. The third-order valence-electron chi connectivity index (χ3n) is 6.12. The number of esters is 1. The number of hydrogen-bond acceptors (Lipinski definition) is 8. The molecule has 0 bridgehead atoms. The van der Waals surface area contributed by atoms with Crippen LogP contribution in [0.4, 0.5) is 5.13 Å². The van der Waals surface area contributed by atoms with Gasteiger partial charge in [-0.15, -0.1) is 0 Å². The monoisotopic (exact) mass is 537 g/mol. The summed E-state index contributed by atoms with van der Waals surface area (Å²) in [6, 6.07) is 20.6. The number of carbonyl (C=O) groups excluding carboxylic acids is 1. The fourth-order valence-corrected chi connectivity index (χ4v) is 6.56. The van der Waals surface area contributed by atoms with Crippen LogP contribution in [0, 0.1) is 0 Å². The Balaban J connectivity index is 1.28. The van der Waals surface area contributed by atoms with E-state index in [4.69, 9.17) is 9.47 Å². The van der Waals surface area contributed by atoms with Gasteiger partial charge in [-0.3, -0.25) is 0 Å². The van der Waals surface area contributed by atoms with E-state index in [1.807, 2.05) is 36.4 Å². The number of aromatic nitrogens is 1. The molecular formula is C27H27N3O5S2. The van der Waals surface area contributed by atoms with Crippen molar-refractivity contribution >= 4 is 42.7 Å². The Kier molecular flexibility index (Phi) is 7.52. The number of fused-ring (bicyclic) bond motifs is 1. The Morgan fingerprint density at radius 3 is 2.49 bits per heavy atom. The lowest BCUT2D eigenvalue weighted by Gasteiger charge is -2.25. The molecule has 3 aromatic carbocycles. The van der Waals surface area contributed by atoms with Gasteiger partial charge in [0.2, 0.25) is 10.0 Å². The smallest absolute Gasteiger partial charge is 0.343 e. The lowest BCUT2D eigenvalue weighted by atomic mass is 10.2. The molecule has 0 saturated carbocycles. The van der Waals surface area contributed by atoms with E-state index < -0.39 is 16.0 Å². The molecule has 4 aromatic rings. The number of sulfonamides is 1. The van der Waals surface area contributed by atoms with Crippen molar-refractivity contribution in [1.82, 2.24) is 9.29 Å². The molecule has 5 rings (SSSR count). The van der Waals surface area contributed by atoms with Gasteiger partial charge in [-0.2, -0.15) is 4.31 Å². The molecule has 37 heavy (non-hydrogen) atoms. The van der Waals surface area contributed by atoms with E-state index >= 15 is 0 Å². The highest BCUT2D eigenvalue weighted by Gasteiger charge is 2.24. The number of nitrogens with zero attached hydrogens (tertiary/aromatic N) is 3. The summed E-state index contributed by atoms with van der Waals surface area (Å²) in [5.74, 6) is -0.149.